The largest absolute Gasteiger partial charge is 0.380 e. The van der Waals surface area contributed by atoms with Crippen molar-refractivity contribution in [1.82, 2.24) is 15.3 Å². The van der Waals surface area contributed by atoms with Crippen LogP contribution in [-0.4, -0.2) is 42.3 Å². The van der Waals surface area contributed by atoms with Gasteiger partial charge in [0.2, 0.25) is 5.95 Å². The molecule has 2 heterocycles. The van der Waals surface area contributed by atoms with Crippen LogP contribution < -0.4 is 10.6 Å². The van der Waals surface area contributed by atoms with E-state index in [1.165, 1.54) is 6.20 Å². The van der Waals surface area contributed by atoms with Crippen LogP contribution in [-0.2, 0) is 11.2 Å². The number of anilines is 1. The molecule has 0 unspecified atom stereocenters. The maximum atomic E-state index is 13.9. The Bertz CT molecular complexity index is 507. The highest BCUT2D eigenvalue weighted by atomic mass is 19.1. The Hall–Kier alpha value is -1.27. The van der Waals surface area contributed by atoms with E-state index in [4.69, 9.17) is 4.74 Å². The van der Waals surface area contributed by atoms with Crippen molar-refractivity contribution in [3.63, 3.8) is 0 Å². The van der Waals surface area contributed by atoms with Gasteiger partial charge in [-0.05, 0) is 39.0 Å². The summed E-state index contributed by atoms with van der Waals surface area (Å²) in [6, 6.07) is 0.236. The molecule has 1 aromatic heterocycles. The fourth-order valence-corrected chi connectivity index (χ4v) is 3.56. The smallest absolute Gasteiger partial charge is 0.223 e. The van der Waals surface area contributed by atoms with Crippen molar-refractivity contribution in [2.24, 2.45) is 11.3 Å². The first-order valence-electron chi connectivity index (χ1n) is 8.13. The molecule has 0 bridgehead atoms. The molecule has 5 nitrogen and oxygen atoms in total. The summed E-state index contributed by atoms with van der Waals surface area (Å²) < 4.78 is 19.6. The van der Waals surface area contributed by atoms with Crippen molar-refractivity contribution in [1.29, 1.82) is 0 Å². The van der Waals surface area contributed by atoms with E-state index in [0.717, 1.165) is 39.1 Å². The minimum atomic E-state index is -0.300. The molecule has 3 rings (SSSR count). The standard InChI is InChI=1S/C16H25FN4O/c1-11(2)20-15-19-8-13(17)14(21-15)5-12-6-16(7-12)9-18-3-4-22-10-16/h8,11-12,18H,3-7,9-10H2,1-2H3,(H,19,20,21). The zero-order chi connectivity index (χ0) is 15.6. The molecule has 2 aliphatic rings. The van der Waals surface area contributed by atoms with Crippen LogP contribution in [0.25, 0.3) is 0 Å². The number of ether oxygens (including phenoxy) is 1. The van der Waals surface area contributed by atoms with Crippen molar-refractivity contribution in [3.8, 4) is 0 Å². The fourth-order valence-electron chi connectivity index (χ4n) is 3.56. The lowest BCUT2D eigenvalue weighted by atomic mass is 9.61. The summed E-state index contributed by atoms with van der Waals surface area (Å²) in [7, 11) is 0. The molecule has 6 heteroatoms. The Kier molecular flexibility index (Phi) is 4.59. The highest BCUT2D eigenvalue weighted by Crippen LogP contribution is 2.47. The summed E-state index contributed by atoms with van der Waals surface area (Å²) in [5, 5.41) is 6.56. The van der Waals surface area contributed by atoms with Crippen LogP contribution in [0.4, 0.5) is 10.3 Å². The van der Waals surface area contributed by atoms with E-state index in [0.29, 0.717) is 24.0 Å². The van der Waals surface area contributed by atoms with Gasteiger partial charge in [-0.2, -0.15) is 0 Å². The lowest BCUT2D eigenvalue weighted by molar-refractivity contribution is -0.0208. The zero-order valence-electron chi connectivity index (χ0n) is 13.4. The number of halogens is 1. The monoisotopic (exact) mass is 308 g/mol. The Morgan fingerprint density at radius 2 is 2.32 bits per heavy atom. The van der Waals surface area contributed by atoms with Crippen LogP contribution in [0.3, 0.4) is 0 Å². The van der Waals surface area contributed by atoms with Gasteiger partial charge in [0.25, 0.3) is 0 Å². The summed E-state index contributed by atoms with van der Waals surface area (Å²) in [6.45, 7) is 7.58. The SMILES string of the molecule is CC(C)Nc1ncc(F)c(CC2CC3(CNCCOC3)C2)n1. The molecule has 2 N–H and O–H groups in total. The molecular formula is C16H25FN4O. The predicted octanol–water partition coefficient (Wildman–Crippen LogP) is 1.99. The van der Waals surface area contributed by atoms with E-state index in [-0.39, 0.29) is 17.3 Å². The van der Waals surface area contributed by atoms with Crippen LogP contribution in [0.1, 0.15) is 32.4 Å². The van der Waals surface area contributed by atoms with Crippen LogP contribution in [0.15, 0.2) is 6.20 Å². The maximum absolute atomic E-state index is 13.9. The average Bonchev–Trinajstić information content (AvgIpc) is 2.67. The number of hydrogen-bond acceptors (Lipinski definition) is 5. The Morgan fingerprint density at radius 3 is 3.09 bits per heavy atom. The van der Waals surface area contributed by atoms with Crippen LogP contribution in [0, 0.1) is 17.2 Å². The van der Waals surface area contributed by atoms with Crippen molar-refractivity contribution in [2.45, 2.75) is 39.2 Å². The second kappa shape index (κ2) is 6.46. The molecule has 1 aromatic rings. The average molecular weight is 308 g/mol. The first-order valence-corrected chi connectivity index (χ1v) is 8.13. The van der Waals surface area contributed by atoms with Gasteiger partial charge in [-0.1, -0.05) is 0 Å². The zero-order valence-corrected chi connectivity index (χ0v) is 13.4. The Labute approximate surface area is 131 Å². The fraction of sp³-hybridized carbons (Fsp3) is 0.750. The normalized spacial score (nSPS) is 28.5. The number of nitrogens with zero attached hydrogens (tertiary/aromatic N) is 2. The van der Waals surface area contributed by atoms with E-state index in [2.05, 4.69) is 20.6 Å². The van der Waals surface area contributed by atoms with Gasteiger partial charge in [-0.3, -0.25) is 0 Å². The van der Waals surface area contributed by atoms with Gasteiger partial charge in [-0.25, -0.2) is 14.4 Å². The van der Waals surface area contributed by atoms with Gasteiger partial charge in [-0.15, -0.1) is 0 Å². The molecule has 2 fully saturated rings. The highest BCUT2D eigenvalue weighted by molar-refractivity contribution is 5.27. The van der Waals surface area contributed by atoms with Gasteiger partial charge in [0.1, 0.15) is 0 Å². The summed E-state index contributed by atoms with van der Waals surface area (Å²) in [5.74, 6) is 0.699. The second-order valence-corrected chi connectivity index (χ2v) is 7.00. The number of nitrogens with one attached hydrogen (secondary N) is 2. The van der Waals surface area contributed by atoms with Crippen molar-refractivity contribution in [2.75, 3.05) is 31.6 Å². The first-order chi connectivity index (χ1) is 10.6. The third-order valence-corrected chi connectivity index (χ3v) is 4.49. The lowest BCUT2D eigenvalue weighted by Crippen LogP contribution is -2.47. The van der Waals surface area contributed by atoms with Crippen LogP contribution in [0.2, 0.25) is 0 Å². The summed E-state index contributed by atoms with van der Waals surface area (Å²) in [4.78, 5) is 8.34. The summed E-state index contributed by atoms with van der Waals surface area (Å²) in [5.41, 5.74) is 0.782. The second-order valence-electron chi connectivity index (χ2n) is 7.00. The molecule has 0 radical (unpaired) electrons. The predicted molar refractivity (Wildman–Crippen MR) is 83.3 cm³/mol. The quantitative estimate of drug-likeness (QED) is 0.891. The summed E-state index contributed by atoms with van der Waals surface area (Å²) >= 11 is 0. The van der Waals surface area contributed by atoms with E-state index in [9.17, 15) is 4.39 Å². The van der Waals surface area contributed by atoms with Gasteiger partial charge < -0.3 is 15.4 Å². The molecule has 0 amide bonds. The first kappa shape index (κ1) is 15.6. The number of rotatable bonds is 4. The molecule has 1 saturated carbocycles. The molecule has 0 aromatic carbocycles. The Balaban J connectivity index is 1.60. The molecule has 0 atom stereocenters. The molecule has 1 aliphatic heterocycles. The third kappa shape index (κ3) is 3.55. The van der Waals surface area contributed by atoms with Gasteiger partial charge in [0.15, 0.2) is 5.82 Å². The third-order valence-electron chi connectivity index (χ3n) is 4.49. The van der Waals surface area contributed by atoms with Crippen molar-refractivity contribution >= 4 is 5.95 Å². The molecule has 1 spiro atoms. The number of aromatic nitrogens is 2. The minimum absolute atomic E-state index is 0.236. The van der Waals surface area contributed by atoms with Gasteiger partial charge >= 0.3 is 0 Å². The Morgan fingerprint density at radius 1 is 1.50 bits per heavy atom. The lowest BCUT2D eigenvalue weighted by Gasteiger charge is -2.47. The van der Waals surface area contributed by atoms with Gasteiger partial charge in [0, 0.05) is 24.5 Å². The molecule has 1 aliphatic carbocycles. The maximum Gasteiger partial charge on any atom is 0.223 e. The van der Waals surface area contributed by atoms with E-state index in [1.54, 1.807) is 0 Å². The molecule has 1 saturated heterocycles. The topological polar surface area (TPSA) is 59.1 Å². The van der Waals surface area contributed by atoms with Crippen molar-refractivity contribution < 1.29 is 9.13 Å². The van der Waals surface area contributed by atoms with Gasteiger partial charge in [0.05, 0.1) is 25.1 Å². The number of hydrogen-bond donors (Lipinski definition) is 2. The highest BCUT2D eigenvalue weighted by Gasteiger charge is 2.44. The molecule has 122 valence electrons. The molecular weight excluding hydrogens is 283 g/mol. The van der Waals surface area contributed by atoms with E-state index < -0.39 is 0 Å². The van der Waals surface area contributed by atoms with Crippen LogP contribution >= 0.6 is 0 Å². The summed E-state index contributed by atoms with van der Waals surface area (Å²) in [6.07, 6.45) is 4.12. The van der Waals surface area contributed by atoms with Crippen molar-refractivity contribution in [3.05, 3.63) is 17.7 Å². The van der Waals surface area contributed by atoms with E-state index in [1.807, 2.05) is 13.8 Å². The minimum Gasteiger partial charge on any atom is -0.380 e. The van der Waals surface area contributed by atoms with Crippen LogP contribution in [0.5, 0.6) is 0 Å². The van der Waals surface area contributed by atoms with E-state index >= 15 is 0 Å². The molecule has 22 heavy (non-hydrogen) atoms.